The quantitative estimate of drug-likeness (QED) is 0.667. The maximum atomic E-state index is 12.3. The molecule has 1 aromatic carbocycles. The summed E-state index contributed by atoms with van der Waals surface area (Å²) in [4.78, 5) is 16.6. The Morgan fingerprint density at radius 2 is 2.23 bits per heavy atom. The average Bonchev–Trinajstić information content (AvgIpc) is 3.24. The SMILES string of the molecule is COCc1ncc(C)n1CCNC(=O)c1cc(-c2cccc(Cl)c2)n[nH]1. The lowest BCUT2D eigenvalue weighted by Crippen LogP contribution is -2.28. The van der Waals surface area contributed by atoms with Crippen LogP contribution in [0.1, 0.15) is 22.0 Å². The third-order valence-electron chi connectivity index (χ3n) is 3.98. The third-order valence-corrected chi connectivity index (χ3v) is 4.21. The highest BCUT2D eigenvalue weighted by Crippen LogP contribution is 2.21. The molecule has 7 nitrogen and oxygen atoms in total. The Morgan fingerprint density at radius 3 is 3.00 bits per heavy atom. The fourth-order valence-corrected chi connectivity index (χ4v) is 2.86. The molecule has 0 unspecified atom stereocenters. The minimum Gasteiger partial charge on any atom is -0.377 e. The molecule has 1 amide bonds. The van der Waals surface area contributed by atoms with Crippen molar-refractivity contribution in [2.24, 2.45) is 0 Å². The molecule has 0 atom stereocenters. The van der Waals surface area contributed by atoms with Gasteiger partial charge >= 0.3 is 0 Å². The van der Waals surface area contributed by atoms with E-state index in [9.17, 15) is 4.79 Å². The Hall–Kier alpha value is -2.64. The van der Waals surface area contributed by atoms with E-state index in [0.717, 1.165) is 17.1 Å². The standard InChI is InChI=1S/C18H20ClN5O2/c1-12-10-21-17(11-26-2)24(12)7-6-20-18(25)16-9-15(22-23-16)13-4-3-5-14(19)8-13/h3-5,8-10H,6-7,11H2,1-2H3,(H,20,25)(H,22,23). The smallest absolute Gasteiger partial charge is 0.269 e. The molecule has 0 spiro atoms. The first-order valence-corrected chi connectivity index (χ1v) is 8.55. The number of nitrogens with one attached hydrogen (secondary N) is 2. The normalized spacial score (nSPS) is 10.9. The molecule has 0 radical (unpaired) electrons. The highest BCUT2D eigenvalue weighted by molar-refractivity contribution is 6.30. The minimum absolute atomic E-state index is 0.211. The van der Waals surface area contributed by atoms with Crippen molar-refractivity contribution in [1.82, 2.24) is 25.1 Å². The molecule has 3 aromatic rings. The van der Waals surface area contributed by atoms with Gasteiger partial charge in [0.25, 0.3) is 5.91 Å². The molecule has 0 fully saturated rings. The van der Waals surface area contributed by atoms with E-state index >= 15 is 0 Å². The van der Waals surface area contributed by atoms with Crippen LogP contribution in [0.15, 0.2) is 36.5 Å². The topological polar surface area (TPSA) is 84.8 Å². The summed E-state index contributed by atoms with van der Waals surface area (Å²) < 4.78 is 7.16. The number of carbonyl (C=O) groups excluding carboxylic acids is 1. The summed E-state index contributed by atoms with van der Waals surface area (Å²) in [5.41, 5.74) is 2.95. The van der Waals surface area contributed by atoms with Crippen molar-refractivity contribution in [3.8, 4) is 11.3 Å². The van der Waals surface area contributed by atoms with Crippen molar-refractivity contribution in [2.75, 3.05) is 13.7 Å². The number of ether oxygens (including phenoxy) is 1. The summed E-state index contributed by atoms with van der Waals surface area (Å²) in [5, 5.41) is 10.5. The van der Waals surface area contributed by atoms with Crippen LogP contribution in [0, 0.1) is 6.92 Å². The van der Waals surface area contributed by atoms with Gasteiger partial charge in [-0.3, -0.25) is 9.89 Å². The molecule has 2 N–H and O–H groups in total. The number of methoxy groups -OCH3 is 1. The van der Waals surface area contributed by atoms with Crippen molar-refractivity contribution >= 4 is 17.5 Å². The number of carbonyl (C=O) groups is 1. The number of H-pyrrole nitrogens is 1. The maximum Gasteiger partial charge on any atom is 0.269 e. The number of rotatable bonds is 7. The summed E-state index contributed by atoms with van der Waals surface area (Å²) in [5.74, 6) is 0.626. The maximum absolute atomic E-state index is 12.3. The largest absolute Gasteiger partial charge is 0.377 e. The van der Waals surface area contributed by atoms with Crippen LogP contribution >= 0.6 is 11.6 Å². The van der Waals surface area contributed by atoms with E-state index in [0.29, 0.717) is 36.1 Å². The molecule has 0 aliphatic heterocycles. The highest BCUT2D eigenvalue weighted by atomic mass is 35.5. The van der Waals surface area contributed by atoms with Gasteiger partial charge in [-0.25, -0.2) is 4.98 Å². The van der Waals surface area contributed by atoms with Crippen LogP contribution in [0.4, 0.5) is 0 Å². The first-order valence-electron chi connectivity index (χ1n) is 8.18. The van der Waals surface area contributed by atoms with E-state index < -0.39 is 0 Å². The van der Waals surface area contributed by atoms with Gasteiger partial charge in [0, 0.05) is 42.7 Å². The molecule has 136 valence electrons. The number of imidazole rings is 1. The summed E-state index contributed by atoms with van der Waals surface area (Å²) in [6.07, 6.45) is 1.79. The molecule has 26 heavy (non-hydrogen) atoms. The van der Waals surface area contributed by atoms with E-state index in [-0.39, 0.29) is 5.91 Å². The number of nitrogens with zero attached hydrogens (tertiary/aromatic N) is 3. The number of hydrogen-bond acceptors (Lipinski definition) is 4. The van der Waals surface area contributed by atoms with E-state index in [1.165, 1.54) is 0 Å². The fraction of sp³-hybridized carbons (Fsp3) is 0.278. The lowest BCUT2D eigenvalue weighted by atomic mass is 10.1. The van der Waals surface area contributed by atoms with Crippen molar-refractivity contribution in [3.05, 3.63) is 58.8 Å². The van der Waals surface area contributed by atoms with Crippen molar-refractivity contribution in [3.63, 3.8) is 0 Å². The van der Waals surface area contributed by atoms with E-state index in [1.807, 2.05) is 23.6 Å². The molecule has 2 heterocycles. The third kappa shape index (κ3) is 4.12. The van der Waals surface area contributed by atoms with Crippen molar-refractivity contribution < 1.29 is 9.53 Å². The van der Waals surface area contributed by atoms with Crippen LogP contribution in [0.2, 0.25) is 5.02 Å². The number of amides is 1. The summed E-state index contributed by atoms with van der Waals surface area (Å²) in [6.45, 7) is 3.50. The Balaban J connectivity index is 1.60. The predicted octanol–water partition coefficient (Wildman–Crippen LogP) is 2.81. The predicted molar refractivity (Wildman–Crippen MR) is 99.0 cm³/mol. The Kier molecular flexibility index (Phi) is 5.70. The van der Waals surface area contributed by atoms with Gasteiger partial charge in [0.2, 0.25) is 0 Å². The van der Waals surface area contributed by atoms with Gasteiger partial charge in [-0.2, -0.15) is 5.10 Å². The molecule has 3 rings (SSSR count). The second-order valence-corrected chi connectivity index (χ2v) is 6.27. The number of hydrogen-bond donors (Lipinski definition) is 2. The second-order valence-electron chi connectivity index (χ2n) is 5.83. The minimum atomic E-state index is -0.211. The van der Waals surface area contributed by atoms with E-state index in [1.54, 1.807) is 31.5 Å². The first-order chi connectivity index (χ1) is 12.6. The number of aromatic amines is 1. The molecule has 0 saturated heterocycles. The zero-order valence-corrected chi connectivity index (χ0v) is 15.4. The highest BCUT2D eigenvalue weighted by Gasteiger charge is 2.12. The van der Waals surface area contributed by atoms with Gasteiger partial charge in [0.15, 0.2) is 0 Å². The molecular formula is C18H20ClN5O2. The van der Waals surface area contributed by atoms with Crippen LogP contribution in [0.5, 0.6) is 0 Å². The molecule has 0 aliphatic rings. The van der Waals surface area contributed by atoms with Crippen LogP contribution in [-0.2, 0) is 17.9 Å². The van der Waals surface area contributed by atoms with E-state index in [2.05, 4.69) is 20.5 Å². The zero-order valence-electron chi connectivity index (χ0n) is 14.6. The Labute approximate surface area is 156 Å². The zero-order chi connectivity index (χ0) is 18.5. The molecular weight excluding hydrogens is 354 g/mol. The summed E-state index contributed by atoms with van der Waals surface area (Å²) in [6, 6.07) is 9.04. The van der Waals surface area contributed by atoms with Crippen LogP contribution < -0.4 is 5.32 Å². The number of benzene rings is 1. The van der Waals surface area contributed by atoms with Gasteiger partial charge in [-0.1, -0.05) is 23.7 Å². The van der Waals surface area contributed by atoms with Crippen LogP contribution in [0.25, 0.3) is 11.3 Å². The number of aromatic nitrogens is 4. The molecule has 8 heteroatoms. The molecule has 0 bridgehead atoms. The summed E-state index contributed by atoms with van der Waals surface area (Å²) in [7, 11) is 1.63. The van der Waals surface area contributed by atoms with E-state index in [4.69, 9.17) is 16.3 Å². The Bertz CT molecular complexity index is 903. The fourth-order valence-electron chi connectivity index (χ4n) is 2.67. The molecule has 2 aromatic heterocycles. The summed E-state index contributed by atoms with van der Waals surface area (Å²) >= 11 is 6.00. The van der Waals surface area contributed by atoms with Gasteiger partial charge in [0.05, 0.1) is 5.69 Å². The van der Waals surface area contributed by atoms with Gasteiger partial charge in [0.1, 0.15) is 18.1 Å². The molecule has 0 saturated carbocycles. The van der Waals surface area contributed by atoms with Crippen LogP contribution in [0.3, 0.4) is 0 Å². The van der Waals surface area contributed by atoms with Crippen molar-refractivity contribution in [2.45, 2.75) is 20.1 Å². The first kappa shape index (κ1) is 18.2. The number of halogens is 1. The number of aryl methyl sites for hydroxylation is 1. The van der Waals surface area contributed by atoms with Crippen LogP contribution in [-0.4, -0.2) is 39.3 Å². The second kappa shape index (κ2) is 8.16. The lowest BCUT2D eigenvalue weighted by molar-refractivity contribution is 0.0946. The van der Waals surface area contributed by atoms with Gasteiger partial charge in [-0.15, -0.1) is 0 Å². The lowest BCUT2D eigenvalue weighted by Gasteiger charge is -2.10. The van der Waals surface area contributed by atoms with Crippen molar-refractivity contribution in [1.29, 1.82) is 0 Å². The van der Waals surface area contributed by atoms with Gasteiger partial charge < -0.3 is 14.6 Å². The Morgan fingerprint density at radius 1 is 1.38 bits per heavy atom. The molecule has 0 aliphatic carbocycles. The average molecular weight is 374 g/mol. The monoisotopic (exact) mass is 373 g/mol. The van der Waals surface area contributed by atoms with Gasteiger partial charge in [-0.05, 0) is 25.1 Å².